The Morgan fingerprint density at radius 1 is 1.11 bits per heavy atom. The molecule has 2 heteroatoms. The van der Waals surface area contributed by atoms with Crippen molar-refractivity contribution in [1.29, 1.82) is 0 Å². The van der Waals surface area contributed by atoms with Crippen molar-refractivity contribution in [2.45, 2.75) is 40.2 Å². The zero-order valence-corrected chi connectivity index (χ0v) is 13.1. The maximum atomic E-state index is 3.70. The summed E-state index contributed by atoms with van der Waals surface area (Å²) in [5.74, 6) is 0. The Balaban J connectivity index is 2.43. The second kappa shape index (κ2) is 6.36. The molecule has 0 aliphatic heterocycles. The van der Waals surface area contributed by atoms with E-state index in [1.807, 2.05) is 11.3 Å². The number of benzene rings is 1. The highest BCUT2D eigenvalue weighted by molar-refractivity contribution is 7.10. The van der Waals surface area contributed by atoms with Gasteiger partial charge >= 0.3 is 0 Å². The van der Waals surface area contributed by atoms with Crippen molar-refractivity contribution in [3.05, 3.63) is 56.8 Å². The lowest BCUT2D eigenvalue weighted by Gasteiger charge is -2.22. The van der Waals surface area contributed by atoms with Gasteiger partial charge in [-0.1, -0.05) is 25.1 Å². The summed E-state index contributed by atoms with van der Waals surface area (Å²) in [7, 11) is 0. The lowest BCUT2D eigenvalue weighted by Crippen LogP contribution is -2.24. The highest BCUT2D eigenvalue weighted by Gasteiger charge is 2.18. The Kier molecular flexibility index (Phi) is 4.78. The van der Waals surface area contributed by atoms with Crippen molar-refractivity contribution in [1.82, 2.24) is 5.32 Å². The van der Waals surface area contributed by atoms with Crippen LogP contribution in [0.3, 0.4) is 0 Å². The molecule has 1 N–H and O–H groups in total. The maximum absolute atomic E-state index is 3.70. The van der Waals surface area contributed by atoms with Crippen LogP contribution in [0.25, 0.3) is 0 Å². The quantitative estimate of drug-likeness (QED) is 0.828. The van der Waals surface area contributed by atoms with Crippen molar-refractivity contribution in [3.8, 4) is 0 Å². The van der Waals surface area contributed by atoms with Gasteiger partial charge in [-0.25, -0.2) is 0 Å². The number of thiophene rings is 1. The number of hydrogen-bond donors (Lipinski definition) is 1. The van der Waals surface area contributed by atoms with Gasteiger partial charge in [-0.3, -0.25) is 0 Å². The topological polar surface area (TPSA) is 12.0 Å². The fraction of sp³-hybridized carbons (Fsp3) is 0.412. The molecule has 1 unspecified atom stereocenters. The molecule has 0 amide bonds. The average Bonchev–Trinajstić information content (AvgIpc) is 2.81. The number of nitrogens with one attached hydrogen (secondary N) is 1. The van der Waals surface area contributed by atoms with Crippen LogP contribution in [-0.4, -0.2) is 6.54 Å². The van der Waals surface area contributed by atoms with Gasteiger partial charge in [0.05, 0.1) is 6.04 Å². The largest absolute Gasteiger partial charge is 0.306 e. The van der Waals surface area contributed by atoms with Crippen LogP contribution in [-0.2, 0) is 0 Å². The molecule has 102 valence electrons. The van der Waals surface area contributed by atoms with Crippen LogP contribution in [0.15, 0.2) is 29.6 Å². The van der Waals surface area contributed by atoms with E-state index in [0.29, 0.717) is 6.04 Å². The Labute approximate surface area is 120 Å². The fourth-order valence-electron chi connectivity index (χ4n) is 2.46. The lowest BCUT2D eigenvalue weighted by molar-refractivity contribution is 0.595. The second-order valence-corrected chi connectivity index (χ2v) is 6.23. The van der Waals surface area contributed by atoms with Gasteiger partial charge in [0.25, 0.3) is 0 Å². The van der Waals surface area contributed by atoms with E-state index in [0.717, 1.165) is 13.0 Å². The summed E-state index contributed by atoms with van der Waals surface area (Å²) < 4.78 is 0. The van der Waals surface area contributed by atoms with Gasteiger partial charge in [0.2, 0.25) is 0 Å². The van der Waals surface area contributed by atoms with Crippen LogP contribution in [0, 0.1) is 20.8 Å². The third kappa shape index (κ3) is 3.07. The van der Waals surface area contributed by atoms with E-state index in [9.17, 15) is 0 Å². The predicted molar refractivity (Wildman–Crippen MR) is 85.1 cm³/mol. The van der Waals surface area contributed by atoms with Crippen molar-refractivity contribution < 1.29 is 0 Å². The lowest BCUT2D eigenvalue weighted by atomic mass is 9.93. The van der Waals surface area contributed by atoms with Crippen LogP contribution in [0.4, 0.5) is 0 Å². The third-order valence-corrected chi connectivity index (χ3v) is 4.63. The van der Waals surface area contributed by atoms with Crippen molar-refractivity contribution in [2.75, 3.05) is 6.54 Å². The van der Waals surface area contributed by atoms with Crippen molar-refractivity contribution in [2.24, 2.45) is 0 Å². The molecular formula is C17H23NS. The minimum Gasteiger partial charge on any atom is -0.306 e. The molecule has 0 aliphatic rings. The molecule has 0 bridgehead atoms. The van der Waals surface area contributed by atoms with E-state index in [1.165, 1.54) is 27.1 Å². The minimum absolute atomic E-state index is 0.325. The van der Waals surface area contributed by atoms with Crippen molar-refractivity contribution in [3.63, 3.8) is 0 Å². The zero-order chi connectivity index (χ0) is 13.8. The van der Waals surface area contributed by atoms with Gasteiger partial charge in [0, 0.05) is 4.88 Å². The summed E-state index contributed by atoms with van der Waals surface area (Å²) in [6, 6.07) is 9.20. The first-order chi connectivity index (χ1) is 9.15. The van der Waals surface area contributed by atoms with Gasteiger partial charge < -0.3 is 5.32 Å². The van der Waals surface area contributed by atoms with E-state index in [2.05, 4.69) is 62.7 Å². The predicted octanol–water partition coefficient (Wildman–Crippen LogP) is 4.76. The smallest absolute Gasteiger partial charge is 0.0590 e. The number of rotatable bonds is 5. The molecule has 0 radical (unpaired) electrons. The van der Waals surface area contributed by atoms with E-state index in [4.69, 9.17) is 0 Å². The molecule has 1 atom stereocenters. The van der Waals surface area contributed by atoms with Gasteiger partial charge in [0.1, 0.15) is 0 Å². The Morgan fingerprint density at radius 3 is 2.53 bits per heavy atom. The summed E-state index contributed by atoms with van der Waals surface area (Å²) >= 11 is 1.83. The molecule has 0 saturated heterocycles. The van der Waals surface area contributed by atoms with E-state index in [1.54, 1.807) is 0 Å². The van der Waals surface area contributed by atoms with E-state index in [-0.39, 0.29) is 0 Å². The molecule has 0 spiro atoms. The highest BCUT2D eigenvalue weighted by Crippen LogP contribution is 2.30. The molecule has 1 nitrogen and oxygen atoms in total. The molecule has 0 fully saturated rings. The fourth-order valence-corrected chi connectivity index (χ4v) is 3.20. The van der Waals surface area contributed by atoms with Gasteiger partial charge in [0.15, 0.2) is 0 Å². The first kappa shape index (κ1) is 14.3. The van der Waals surface area contributed by atoms with Crippen molar-refractivity contribution >= 4 is 11.3 Å². The van der Waals surface area contributed by atoms with Gasteiger partial charge in [-0.2, -0.15) is 0 Å². The van der Waals surface area contributed by atoms with Crippen LogP contribution in [0.5, 0.6) is 0 Å². The number of hydrogen-bond acceptors (Lipinski definition) is 2. The standard InChI is InChI=1S/C17H23NS/c1-5-10-18-17(16-9-11-19-14(16)4)15-8-6-7-12(2)13(15)3/h6-9,11,17-18H,5,10H2,1-4H3. The third-order valence-electron chi connectivity index (χ3n) is 3.77. The van der Waals surface area contributed by atoms with Crippen LogP contribution in [0.1, 0.15) is 46.5 Å². The molecule has 1 aromatic carbocycles. The Hall–Kier alpha value is -1.12. The summed E-state index contributed by atoms with van der Waals surface area (Å²) in [6.45, 7) is 9.90. The number of aryl methyl sites for hydroxylation is 2. The van der Waals surface area contributed by atoms with Crippen LogP contribution in [0.2, 0.25) is 0 Å². The summed E-state index contributed by atoms with van der Waals surface area (Å²) in [5, 5.41) is 5.89. The minimum atomic E-state index is 0.325. The summed E-state index contributed by atoms with van der Waals surface area (Å²) in [5.41, 5.74) is 5.61. The summed E-state index contributed by atoms with van der Waals surface area (Å²) in [4.78, 5) is 1.41. The van der Waals surface area contributed by atoms with E-state index >= 15 is 0 Å². The average molecular weight is 273 g/mol. The molecule has 19 heavy (non-hydrogen) atoms. The Morgan fingerprint density at radius 2 is 1.89 bits per heavy atom. The zero-order valence-electron chi connectivity index (χ0n) is 12.3. The van der Waals surface area contributed by atoms with E-state index < -0.39 is 0 Å². The molecule has 0 aliphatic carbocycles. The monoisotopic (exact) mass is 273 g/mol. The first-order valence-corrected chi connectivity index (χ1v) is 7.86. The Bertz CT molecular complexity index is 542. The molecule has 1 heterocycles. The highest BCUT2D eigenvalue weighted by atomic mass is 32.1. The first-order valence-electron chi connectivity index (χ1n) is 6.98. The molecule has 2 aromatic rings. The van der Waals surface area contributed by atoms with Crippen LogP contribution >= 0.6 is 11.3 Å². The molecule has 1 aromatic heterocycles. The molecule has 2 rings (SSSR count). The molecule has 0 saturated carbocycles. The SMILES string of the molecule is CCCNC(c1ccsc1C)c1cccc(C)c1C. The van der Waals surface area contributed by atoms with Gasteiger partial charge in [-0.15, -0.1) is 11.3 Å². The van der Waals surface area contributed by atoms with Gasteiger partial charge in [-0.05, 0) is 67.4 Å². The maximum Gasteiger partial charge on any atom is 0.0590 e. The second-order valence-electron chi connectivity index (χ2n) is 5.11. The summed E-state index contributed by atoms with van der Waals surface area (Å²) in [6.07, 6.45) is 1.16. The normalized spacial score (nSPS) is 12.6. The molecular weight excluding hydrogens is 250 g/mol. The van der Waals surface area contributed by atoms with Crippen LogP contribution < -0.4 is 5.32 Å².